The zero-order valence-electron chi connectivity index (χ0n) is 8.38. The number of nitrogens with one attached hydrogen (secondary N) is 1. The summed E-state index contributed by atoms with van der Waals surface area (Å²) in [5.74, 6) is -1.11. The van der Waals surface area contributed by atoms with Crippen LogP contribution in [0.5, 0.6) is 5.75 Å². The van der Waals surface area contributed by atoms with Crippen LogP contribution in [0.3, 0.4) is 0 Å². The fourth-order valence-corrected chi connectivity index (χ4v) is 1.56. The maximum Gasteiger partial charge on any atom is 0.175 e. The van der Waals surface area contributed by atoms with Gasteiger partial charge in [-0.1, -0.05) is 11.6 Å². The van der Waals surface area contributed by atoms with Crippen LogP contribution in [0.2, 0.25) is 5.02 Å². The molecule has 0 aliphatic carbocycles. The molecule has 0 aliphatic rings. The van der Waals surface area contributed by atoms with Crippen LogP contribution in [0.4, 0.5) is 10.2 Å². The zero-order valence-corrected chi connectivity index (χ0v) is 9.14. The number of nitrogen functional groups attached to an aromatic ring is 1. The number of nitrogens with two attached hydrogens (primary N) is 1. The number of benzene rings is 1. The summed E-state index contributed by atoms with van der Waals surface area (Å²) in [7, 11) is 0. The second kappa shape index (κ2) is 3.68. The number of rotatable bonds is 1. The summed E-state index contributed by atoms with van der Waals surface area (Å²) in [4.78, 5) is 0. The van der Waals surface area contributed by atoms with E-state index in [1.165, 1.54) is 12.1 Å². The van der Waals surface area contributed by atoms with Gasteiger partial charge in [0.05, 0.1) is 10.7 Å². The third-order valence-corrected chi connectivity index (χ3v) is 2.72. The lowest BCUT2D eigenvalue weighted by Gasteiger charge is -2.07. The van der Waals surface area contributed by atoms with Crippen molar-refractivity contribution in [2.75, 3.05) is 5.73 Å². The molecule has 4 nitrogen and oxygen atoms in total. The quantitative estimate of drug-likeness (QED) is 0.718. The molecule has 0 spiro atoms. The highest BCUT2D eigenvalue weighted by Gasteiger charge is 2.16. The van der Waals surface area contributed by atoms with E-state index in [2.05, 4.69) is 10.2 Å². The molecule has 84 valence electrons. The Morgan fingerprint density at radius 2 is 2.19 bits per heavy atom. The number of aromatic hydroxyl groups is 1. The molecule has 0 atom stereocenters. The van der Waals surface area contributed by atoms with Crippen molar-refractivity contribution in [1.82, 2.24) is 10.2 Å². The van der Waals surface area contributed by atoms with Crippen LogP contribution in [0.15, 0.2) is 12.1 Å². The molecule has 0 amide bonds. The van der Waals surface area contributed by atoms with Crippen molar-refractivity contribution in [3.63, 3.8) is 0 Å². The summed E-state index contributed by atoms with van der Waals surface area (Å²) in [5, 5.41) is 15.7. The predicted octanol–water partition coefficient (Wildman–Crippen LogP) is 2.47. The van der Waals surface area contributed by atoms with Crippen molar-refractivity contribution >= 4 is 17.4 Å². The van der Waals surface area contributed by atoms with Crippen molar-refractivity contribution in [1.29, 1.82) is 0 Å². The summed E-state index contributed by atoms with van der Waals surface area (Å²) < 4.78 is 13.7. The number of phenolic OH excluding ortho intramolecular Hbond substituents is 1. The van der Waals surface area contributed by atoms with Crippen molar-refractivity contribution in [2.24, 2.45) is 0 Å². The Morgan fingerprint density at radius 3 is 2.75 bits per heavy atom. The first-order valence-corrected chi connectivity index (χ1v) is 4.87. The molecular formula is C10H9ClFN3O. The smallest absolute Gasteiger partial charge is 0.175 e. The van der Waals surface area contributed by atoms with Crippen LogP contribution in [0, 0.1) is 12.7 Å². The Hall–Kier alpha value is -1.75. The van der Waals surface area contributed by atoms with Gasteiger partial charge in [-0.2, -0.15) is 5.10 Å². The lowest BCUT2D eigenvalue weighted by atomic mass is 10.1. The maximum atomic E-state index is 13.7. The summed E-state index contributed by atoms with van der Waals surface area (Å²) in [6.07, 6.45) is 0. The van der Waals surface area contributed by atoms with Crippen LogP contribution >= 0.6 is 11.6 Å². The second-order valence-electron chi connectivity index (χ2n) is 3.42. The topological polar surface area (TPSA) is 74.9 Å². The highest BCUT2D eigenvalue weighted by Crippen LogP contribution is 2.36. The minimum absolute atomic E-state index is 0.00809. The van der Waals surface area contributed by atoms with Gasteiger partial charge in [0.1, 0.15) is 5.82 Å². The molecule has 16 heavy (non-hydrogen) atoms. The largest absolute Gasteiger partial charge is 0.504 e. The van der Waals surface area contributed by atoms with Crippen LogP contribution in [-0.2, 0) is 0 Å². The van der Waals surface area contributed by atoms with Gasteiger partial charge >= 0.3 is 0 Å². The van der Waals surface area contributed by atoms with Gasteiger partial charge in [0.25, 0.3) is 0 Å². The standard InChI is InChI=1S/C10H9ClFN3O/c1-4-2-5(6-3-7(13)15-14-6)9(12)10(16)8(4)11/h2-3,16H,1H3,(H3,13,14,15). The molecule has 0 fully saturated rings. The van der Waals surface area contributed by atoms with Gasteiger partial charge in [-0.15, -0.1) is 0 Å². The minimum atomic E-state index is -0.792. The summed E-state index contributed by atoms with van der Waals surface area (Å²) in [6.45, 7) is 1.67. The van der Waals surface area contributed by atoms with Gasteiger partial charge in [-0.25, -0.2) is 4.39 Å². The van der Waals surface area contributed by atoms with Crippen LogP contribution < -0.4 is 5.73 Å². The molecule has 2 rings (SSSR count). The normalized spacial score (nSPS) is 10.7. The Morgan fingerprint density at radius 1 is 1.50 bits per heavy atom. The van der Waals surface area contributed by atoms with E-state index in [0.717, 1.165) is 0 Å². The van der Waals surface area contributed by atoms with Gasteiger partial charge in [0.15, 0.2) is 11.6 Å². The molecule has 0 saturated carbocycles. The van der Waals surface area contributed by atoms with E-state index < -0.39 is 11.6 Å². The molecule has 1 aromatic heterocycles. The molecule has 0 bridgehead atoms. The van der Waals surface area contributed by atoms with Gasteiger partial charge in [0.2, 0.25) is 0 Å². The fraction of sp³-hybridized carbons (Fsp3) is 0.100. The first-order valence-electron chi connectivity index (χ1n) is 4.49. The number of nitrogens with zero attached hydrogens (tertiary/aromatic N) is 1. The summed E-state index contributed by atoms with van der Waals surface area (Å²) >= 11 is 5.71. The Balaban J connectivity index is 2.66. The van der Waals surface area contributed by atoms with Crippen LogP contribution in [0.25, 0.3) is 11.3 Å². The zero-order chi connectivity index (χ0) is 11.9. The third kappa shape index (κ3) is 1.59. The van der Waals surface area contributed by atoms with E-state index in [9.17, 15) is 9.50 Å². The Bertz CT molecular complexity index is 553. The minimum Gasteiger partial charge on any atom is -0.504 e. The van der Waals surface area contributed by atoms with Crippen LogP contribution in [-0.4, -0.2) is 15.3 Å². The highest BCUT2D eigenvalue weighted by molar-refractivity contribution is 6.32. The van der Waals surface area contributed by atoms with Gasteiger partial charge in [-0.05, 0) is 18.6 Å². The molecule has 0 unspecified atom stereocenters. The molecule has 0 radical (unpaired) electrons. The average molecular weight is 242 g/mol. The van der Waals surface area contributed by atoms with E-state index in [1.54, 1.807) is 6.92 Å². The molecule has 0 aliphatic heterocycles. The monoisotopic (exact) mass is 241 g/mol. The van der Waals surface area contributed by atoms with E-state index >= 15 is 0 Å². The first kappa shape index (κ1) is 10.8. The Labute approximate surface area is 95.9 Å². The van der Waals surface area contributed by atoms with E-state index in [-0.39, 0.29) is 16.4 Å². The lowest BCUT2D eigenvalue weighted by Crippen LogP contribution is -1.89. The summed E-state index contributed by atoms with van der Waals surface area (Å²) in [6, 6.07) is 3.00. The molecular weight excluding hydrogens is 233 g/mol. The highest BCUT2D eigenvalue weighted by atomic mass is 35.5. The van der Waals surface area contributed by atoms with E-state index in [1.807, 2.05) is 0 Å². The number of phenols is 1. The van der Waals surface area contributed by atoms with Gasteiger partial charge < -0.3 is 10.8 Å². The molecule has 2 aromatic rings. The predicted molar refractivity (Wildman–Crippen MR) is 59.8 cm³/mol. The average Bonchev–Trinajstić information content (AvgIpc) is 2.67. The Kier molecular flexibility index (Phi) is 2.47. The molecule has 0 saturated heterocycles. The van der Waals surface area contributed by atoms with Crippen LogP contribution in [0.1, 0.15) is 5.56 Å². The maximum absolute atomic E-state index is 13.7. The van der Waals surface area contributed by atoms with Gasteiger partial charge in [-0.3, -0.25) is 5.10 Å². The fourth-order valence-electron chi connectivity index (χ4n) is 1.43. The van der Waals surface area contributed by atoms with Crippen molar-refractivity contribution in [2.45, 2.75) is 6.92 Å². The number of halogens is 2. The summed E-state index contributed by atoms with van der Waals surface area (Å²) in [5.41, 5.74) is 6.57. The van der Waals surface area contributed by atoms with Crippen molar-refractivity contribution in [3.8, 4) is 17.0 Å². The van der Waals surface area contributed by atoms with Gasteiger partial charge in [0, 0.05) is 11.6 Å². The molecule has 1 aromatic carbocycles. The molecule has 4 N–H and O–H groups in total. The SMILES string of the molecule is Cc1cc(-c2cc(N)n[nH]2)c(F)c(O)c1Cl. The van der Waals surface area contributed by atoms with Crippen molar-refractivity contribution in [3.05, 3.63) is 28.5 Å². The number of anilines is 1. The third-order valence-electron chi connectivity index (χ3n) is 2.25. The van der Waals surface area contributed by atoms with E-state index in [0.29, 0.717) is 11.3 Å². The number of hydrogen-bond donors (Lipinski definition) is 3. The molecule has 6 heteroatoms. The van der Waals surface area contributed by atoms with Crippen molar-refractivity contribution < 1.29 is 9.50 Å². The number of aryl methyl sites for hydroxylation is 1. The lowest BCUT2D eigenvalue weighted by molar-refractivity contribution is 0.433. The number of aromatic nitrogens is 2. The first-order chi connectivity index (χ1) is 7.50. The number of aromatic amines is 1. The second-order valence-corrected chi connectivity index (χ2v) is 3.80. The van der Waals surface area contributed by atoms with E-state index in [4.69, 9.17) is 17.3 Å². The molecule has 1 heterocycles. The number of hydrogen-bond acceptors (Lipinski definition) is 3. The number of H-pyrrole nitrogens is 1.